The number of hydrogen-bond acceptors (Lipinski definition) is 4. The summed E-state index contributed by atoms with van der Waals surface area (Å²) in [6.07, 6.45) is 2.57. The second-order valence-electron chi connectivity index (χ2n) is 11.0. The lowest BCUT2D eigenvalue weighted by molar-refractivity contribution is -0.124. The molecule has 1 aliphatic carbocycles. The summed E-state index contributed by atoms with van der Waals surface area (Å²) in [5.74, 6) is -3.69. The molecule has 5 rings (SSSR count). The number of halogens is 3. The molecule has 0 aromatic heterocycles. The van der Waals surface area contributed by atoms with Crippen molar-refractivity contribution in [2.75, 3.05) is 5.32 Å². The second kappa shape index (κ2) is 9.97. The van der Waals surface area contributed by atoms with Gasteiger partial charge in [0.25, 0.3) is 0 Å². The van der Waals surface area contributed by atoms with Crippen LogP contribution in [0.15, 0.2) is 36.4 Å². The summed E-state index contributed by atoms with van der Waals surface area (Å²) in [6.45, 7) is 4.03. The molecular weight excluding hydrogens is 500 g/mol. The summed E-state index contributed by atoms with van der Waals surface area (Å²) >= 11 is 6.23. The summed E-state index contributed by atoms with van der Waals surface area (Å²) in [7, 11) is 0. The lowest BCUT2D eigenvalue weighted by Crippen LogP contribution is -2.49. The van der Waals surface area contributed by atoms with E-state index in [0.717, 1.165) is 6.07 Å². The van der Waals surface area contributed by atoms with Crippen LogP contribution in [0, 0.1) is 17.6 Å². The normalized spacial score (nSPS) is 31.0. The Hall–Kier alpha value is -2.55. The summed E-state index contributed by atoms with van der Waals surface area (Å²) in [5.41, 5.74) is -0.248. The molecule has 6 nitrogen and oxygen atoms in total. The highest BCUT2D eigenvalue weighted by Gasteiger charge is 2.66. The molecule has 0 radical (unpaired) electrons. The van der Waals surface area contributed by atoms with Crippen molar-refractivity contribution in [1.29, 1.82) is 0 Å². The van der Waals surface area contributed by atoms with Crippen LogP contribution in [0.4, 0.5) is 14.5 Å². The van der Waals surface area contributed by atoms with Crippen molar-refractivity contribution in [3.8, 4) is 0 Å². The molecule has 4 atom stereocenters. The fourth-order valence-corrected chi connectivity index (χ4v) is 6.73. The molecule has 4 N–H and O–H groups in total. The Morgan fingerprint density at radius 3 is 2.62 bits per heavy atom. The predicted molar refractivity (Wildman–Crippen MR) is 137 cm³/mol. The van der Waals surface area contributed by atoms with Crippen LogP contribution in [0.2, 0.25) is 5.02 Å². The third-order valence-corrected chi connectivity index (χ3v) is 8.39. The van der Waals surface area contributed by atoms with E-state index in [1.54, 1.807) is 18.2 Å². The number of anilines is 1. The van der Waals surface area contributed by atoms with Gasteiger partial charge in [-0.1, -0.05) is 43.6 Å². The highest BCUT2D eigenvalue weighted by Crippen LogP contribution is 2.56. The number of carbonyl (C=O) groups is 2. The topological polar surface area (TPSA) is 90.5 Å². The van der Waals surface area contributed by atoms with Crippen LogP contribution in [-0.2, 0) is 15.0 Å². The minimum atomic E-state index is -1.36. The number of nitrogens with one attached hydrogen (secondary N) is 3. The van der Waals surface area contributed by atoms with E-state index in [2.05, 4.69) is 16.0 Å². The highest BCUT2D eigenvalue weighted by molar-refractivity contribution is 6.31. The van der Waals surface area contributed by atoms with E-state index in [4.69, 9.17) is 11.6 Å². The predicted octanol–water partition coefficient (Wildman–Crippen LogP) is 4.40. The minimum absolute atomic E-state index is 0.0177. The molecule has 0 bridgehead atoms. The number of aliphatic hydroxyl groups excluding tert-OH is 1. The highest BCUT2D eigenvalue weighted by atomic mass is 35.5. The summed E-state index contributed by atoms with van der Waals surface area (Å²) in [5, 5.41) is 19.7. The molecule has 1 spiro atoms. The van der Waals surface area contributed by atoms with Gasteiger partial charge in [-0.3, -0.25) is 9.59 Å². The Balaban J connectivity index is 1.65. The third kappa shape index (κ3) is 4.43. The molecule has 1 saturated carbocycles. The number of rotatable bonds is 5. The van der Waals surface area contributed by atoms with Crippen molar-refractivity contribution < 1.29 is 23.5 Å². The first-order valence-corrected chi connectivity index (χ1v) is 13.3. The van der Waals surface area contributed by atoms with Gasteiger partial charge in [0, 0.05) is 28.7 Å². The monoisotopic (exact) mass is 531 g/mol. The Kier molecular flexibility index (Phi) is 7.02. The van der Waals surface area contributed by atoms with Gasteiger partial charge in [0.2, 0.25) is 11.8 Å². The van der Waals surface area contributed by atoms with E-state index in [1.165, 1.54) is 12.1 Å². The summed E-state index contributed by atoms with van der Waals surface area (Å²) in [4.78, 5) is 27.8. The number of carbonyl (C=O) groups excluding carboxylic acids is 2. The maximum atomic E-state index is 15.5. The average molecular weight is 532 g/mol. The second-order valence-corrected chi connectivity index (χ2v) is 11.4. The zero-order valence-corrected chi connectivity index (χ0v) is 21.6. The Morgan fingerprint density at radius 1 is 1.19 bits per heavy atom. The number of aliphatic hydroxyl groups is 1. The van der Waals surface area contributed by atoms with Crippen molar-refractivity contribution in [2.24, 2.45) is 5.92 Å². The molecule has 9 heteroatoms. The van der Waals surface area contributed by atoms with E-state index >= 15 is 4.39 Å². The van der Waals surface area contributed by atoms with Crippen molar-refractivity contribution >= 4 is 29.1 Å². The lowest BCUT2D eigenvalue weighted by Gasteiger charge is -2.36. The van der Waals surface area contributed by atoms with Crippen LogP contribution in [0.1, 0.15) is 63.0 Å². The van der Waals surface area contributed by atoms with Gasteiger partial charge >= 0.3 is 0 Å². The fraction of sp³-hybridized carbons (Fsp3) is 0.500. The standard InChI is InChI=1S/C28H32ClF2N3O3/c1-14(2)12-22-28(19-11-6-15(29)13-21(19)33-27(28)37)23(18-4-3-5-20(30)24(18)31)25(34-22)26(36)32-16-7-9-17(35)10-8-16/h3-6,11,13-14,16-17,22-23,25,34-35H,7-10,12H2,1-2H3,(H,32,36)(H,33,37). The third-order valence-electron chi connectivity index (χ3n) is 8.15. The largest absolute Gasteiger partial charge is 0.393 e. The molecule has 2 aromatic carbocycles. The van der Waals surface area contributed by atoms with Gasteiger partial charge in [-0.25, -0.2) is 8.78 Å². The Morgan fingerprint density at radius 2 is 1.92 bits per heavy atom. The first kappa shape index (κ1) is 26.1. The first-order chi connectivity index (χ1) is 17.6. The SMILES string of the molecule is CC(C)CC1NC(C(=O)NC2CCC(O)CC2)C(c2cccc(F)c2F)C12C(=O)Nc1cc(Cl)ccc12. The van der Waals surface area contributed by atoms with E-state index in [1.807, 2.05) is 13.8 Å². The number of hydrogen-bond donors (Lipinski definition) is 4. The van der Waals surface area contributed by atoms with Gasteiger partial charge in [0.15, 0.2) is 11.6 Å². The van der Waals surface area contributed by atoms with Crippen LogP contribution < -0.4 is 16.0 Å². The van der Waals surface area contributed by atoms with Crippen molar-refractivity contribution in [3.05, 3.63) is 64.2 Å². The van der Waals surface area contributed by atoms with Gasteiger partial charge in [-0.05, 0) is 67.3 Å². The summed E-state index contributed by atoms with van der Waals surface area (Å²) < 4.78 is 30.0. The van der Waals surface area contributed by atoms with Gasteiger partial charge in [0.1, 0.15) is 5.41 Å². The molecule has 198 valence electrons. The van der Waals surface area contributed by atoms with Crippen molar-refractivity contribution in [2.45, 2.75) is 81.5 Å². The minimum Gasteiger partial charge on any atom is -0.393 e. The van der Waals surface area contributed by atoms with Crippen LogP contribution in [0.25, 0.3) is 0 Å². The van der Waals surface area contributed by atoms with Crippen LogP contribution in [0.3, 0.4) is 0 Å². The smallest absolute Gasteiger partial charge is 0.238 e. The van der Waals surface area contributed by atoms with E-state index < -0.39 is 35.1 Å². The molecular formula is C28H32ClF2N3O3. The van der Waals surface area contributed by atoms with Crippen LogP contribution in [0.5, 0.6) is 0 Å². The van der Waals surface area contributed by atoms with Gasteiger partial charge < -0.3 is 21.1 Å². The van der Waals surface area contributed by atoms with Crippen LogP contribution in [-0.4, -0.2) is 41.2 Å². The van der Waals surface area contributed by atoms with Crippen LogP contribution >= 0.6 is 11.6 Å². The zero-order chi connectivity index (χ0) is 26.5. The van der Waals surface area contributed by atoms with Gasteiger partial charge in [0.05, 0.1) is 12.1 Å². The number of amides is 2. The quantitative estimate of drug-likeness (QED) is 0.460. The molecule has 2 heterocycles. The van der Waals surface area contributed by atoms with E-state index in [9.17, 15) is 19.1 Å². The first-order valence-electron chi connectivity index (χ1n) is 12.9. The molecule has 2 amide bonds. The fourth-order valence-electron chi connectivity index (χ4n) is 6.56. The Bertz CT molecular complexity index is 1220. The molecule has 37 heavy (non-hydrogen) atoms. The molecule has 2 aromatic rings. The maximum Gasteiger partial charge on any atom is 0.238 e. The molecule has 2 aliphatic heterocycles. The molecule has 3 aliphatic rings. The lowest BCUT2D eigenvalue weighted by atomic mass is 9.63. The van der Waals surface area contributed by atoms with Crippen molar-refractivity contribution in [1.82, 2.24) is 10.6 Å². The summed E-state index contributed by atoms with van der Waals surface area (Å²) in [6, 6.07) is 7.32. The van der Waals surface area contributed by atoms with Crippen molar-refractivity contribution in [3.63, 3.8) is 0 Å². The molecule has 2 fully saturated rings. The number of fused-ring (bicyclic) bond motifs is 2. The maximum absolute atomic E-state index is 15.5. The molecule has 1 saturated heterocycles. The average Bonchev–Trinajstić information content (AvgIpc) is 3.32. The Labute approximate surface area is 220 Å². The van der Waals surface area contributed by atoms with E-state index in [-0.39, 0.29) is 35.4 Å². The number of benzene rings is 2. The molecule has 4 unspecified atom stereocenters. The van der Waals surface area contributed by atoms with E-state index in [0.29, 0.717) is 48.4 Å². The van der Waals surface area contributed by atoms with Gasteiger partial charge in [-0.2, -0.15) is 0 Å². The zero-order valence-electron chi connectivity index (χ0n) is 20.9. The van der Waals surface area contributed by atoms with Gasteiger partial charge in [-0.15, -0.1) is 0 Å².